The first-order valence-corrected chi connectivity index (χ1v) is 5.56. The fraction of sp³-hybridized carbons (Fsp3) is 0.455. The molecule has 0 spiro atoms. The highest BCUT2D eigenvalue weighted by atomic mass is 35.5. The van der Waals surface area contributed by atoms with Crippen LogP contribution in [0.1, 0.15) is 12.8 Å². The van der Waals surface area contributed by atoms with Crippen molar-refractivity contribution in [3.05, 3.63) is 23.2 Å². The van der Waals surface area contributed by atoms with Crippen molar-refractivity contribution in [1.82, 2.24) is 5.32 Å². The van der Waals surface area contributed by atoms with Gasteiger partial charge in [0.25, 0.3) is 0 Å². The summed E-state index contributed by atoms with van der Waals surface area (Å²) in [5.74, 6) is 0.0610. The third-order valence-corrected chi connectivity index (χ3v) is 2.51. The Morgan fingerprint density at radius 1 is 1.50 bits per heavy atom. The van der Waals surface area contributed by atoms with E-state index >= 15 is 0 Å². The zero-order valence-electron chi connectivity index (χ0n) is 8.92. The normalized spacial score (nSPS) is 19.8. The average molecular weight is 247 g/mol. The van der Waals surface area contributed by atoms with Gasteiger partial charge in [0.2, 0.25) is 0 Å². The Morgan fingerprint density at radius 3 is 2.62 bits per heavy atom. The molecule has 1 aromatic rings. The van der Waals surface area contributed by atoms with Crippen LogP contribution in [0.2, 0.25) is 5.02 Å². The van der Waals surface area contributed by atoms with Crippen LogP contribution in [-0.4, -0.2) is 24.4 Å². The number of piperidine rings is 1. The van der Waals surface area contributed by atoms with Crippen LogP contribution < -0.4 is 11.1 Å². The van der Waals surface area contributed by atoms with Crippen molar-refractivity contribution < 1.29 is 9.50 Å². The summed E-state index contributed by atoms with van der Waals surface area (Å²) in [7, 11) is 0. The molecule has 5 heteroatoms. The molecule has 0 radical (unpaired) electrons. The molecule has 1 unspecified atom stereocenters. The molecule has 1 atom stereocenters. The van der Waals surface area contributed by atoms with Gasteiger partial charge in [-0.3, -0.25) is 0 Å². The maximum Gasteiger partial charge on any atom is 0.134 e. The van der Waals surface area contributed by atoms with E-state index in [-0.39, 0.29) is 10.8 Å². The highest BCUT2D eigenvalue weighted by Crippen LogP contribution is 2.24. The van der Waals surface area contributed by atoms with Crippen LogP contribution in [-0.2, 0) is 0 Å². The Balaban J connectivity index is 0.000000165. The summed E-state index contributed by atoms with van der Waals surface area (Å²) in [5, 5.41) is 12.1. The van der Waals surface area contributed by atoms with Gasteiger partial charge in [-0.05, 0) is 37.6 Å². The Hall–Kier alpha value is -1.00. The van der Waals surface area contributed by atoms with Gasteiger partial charge in [0.1, 0.15) is 11.9 Å². The quantitative estimate of drug-likeness (QED) is 0.487. The van der Waals surface area contributed by atoms with Crippen molar-refractivity contribution in [3.63, 3.8) is 0 Å². The van der Waals surface area contributed by atoms with E-state index in [2.05, 4.69) is 5.32 Å². The first kappa shape index (κ1) is 13.1. The number of halogens is 2. The van der Waals surface area contributed by atoms with Gasteiger partial charge in [-0.2, -0.15) is 0 Å². The molecule has 16 heavy (non-hydrogen) atoms. The summed E-state index contributed by atoms with van der Waals surface area (Å²) in [5.41, 5.74) is 5.89. The van der Waals surface area contributed by atoms with Crippen molar-refractivity contribution in [1.29, 1.82) is 0 Å². The smallest absolute Gasteiger partial charge is 0.134 e. The van der Waals surface area contributed by atoms with E-state index < -0.39 is 6.17 Å². The van der Waals surface area contributed by atoms with E-state index in [4.69, 9.17) is 22.4 Å². The van der Waals surface area contributed by atoms with E-state index in [1.165, 1.54) is 12.1 Å². The van der Waals surface area contributed by atoms with Crippen LogP contribution in [0.5, 0.6) is 5.75 Å². The van der Waals surface area contributed by atoms with Crippen LogP contribution >= 0.6 is 11.6 Å². The number of alkyl halides is 1. The molecular weight excluding hydrogens is 231 g/mol. The SMILES string of the molecule is FC1CCCNC1.Nc1ccc(O)c(Cl)c1. The molecule has 0 amide bonds. The summed E-state index contributed by atoms with van der Waals surface area (Å²) in [6, 6.07) is 4.54. The second-order valence-corrected chi connectivity index (χ2v) is 4.06. The largest absolute Gasteiger partial charge is 0.506 e. The molecule has 1 saturated heterocycles. The number of benzene rings is 1. The van der Waals surface area contributed by atoms with Crippen LogP contribution in [0.25, 0.3) is 0 Å². The number of rotatable bonds is 0. The van der Waals surface area contributed by atoms with Crippen molar-refractivity contribution in [3.8, 4) is 5.75 Å². The molecule has 1 aliphatic rings. The number of nitrogens with two attached hydrogens (primary N) is 1. The van der Waals surface area contributed by atoms with Crippen LogP contribution in [0.15, 0.2) is 18.2 Å². The first-order valence-electron chi connectivity index (χ1n) is 5.18. The number of hydrogen-bond donors (Lipinski definition) is 3. The third-order valence-electron chi connectivity index (χ3n) is 2.21. The van der Waals surface area contributed by atoms with Crippen molar-refractivity contribution in [2.45, 2.75) is 19.0 Å². The fourth-order valence-electron chi connectivity index (χ4n) is 1.33. The minimum absolute atomic E-state index is 0.0610. The van der Waals surface area contributed by atoms with Gasteiger partial charge < -0.3 is 16.2 Å². The minimum Gasteiger partial charge on any atom is -0.506 e. The van der Waals surface area contributed by atoms with Crippen molar-refractivity contribution >= 4 is 17.3 Å². The van der Waals surface area contributed by atoms with Crippen LogP contribution in [0.4, 0.5) is 10.1 Å². The number of hydrogen-bond acceptors (Lipinski definition) is 3. The summed E-state index contributed by atoms with van der Waals surface area (Å²) < 4.78 is 12.1. The summed E-state index contributed by atoms with van der Waals surface area (Å²) in [6.45, 7) is 1.57. The highest BCUT2D eigenvalue weighted by molar-refractivity contribution is 6.32. The Bertz CT molecular complexity index is 330. The van der Waals surface area contributed by atoms with Gasteiger partial charge in [-0.25, -0.2) is 4.39 Å². The van der Waals surface area contributed by atoms with E-state index in [0.29, 0.717) is 12.2 Å². The van der Waals surface area contributed by atoms with Gasteiger partial charge in [-0.15, -0.1) is 0 Å². The van der Waals surface area contributed by atoms with Crippen LogP contribution in [0, 0.1) is 0 Å². The molecular formula is C11H16ClFN2O. The van der Waals surface area contributed by atoms with Gasteiger partial charge in [0.15, 0.2) is 0 Å². The zero-order valence-corrected chi connectivity index (χ0v) is 9.67. The molecule has 1 heterocycles. The number of phenolic OH excluding ortho intramolecular Hbond substituents is 1. The topological polar surface area (TPSA) is 58.3 Å². The predicted molar refractivity (Wildman–Crippen MR) is 64.5 cm³/mol. The lowest BCUT2D eigenvalue weighted by molar-refractivity contribution is 0.266. The number of nitrogens with one attached hydrogen (secondary N) is 1. The third kappa shape index (κ3) is 4.68. The zero-order chi connectivity index (χ0) is 12.0. The highest BCUT2D eigenvalue weighted by Gasteiger charge is 2.08. The van der Waals surface area contributed by atoms with E-state index in [0.717, 1.165) is 19.4 Å². The summed E-state index contributed by atoms with van der Waals surface area (Å²) in [6.07, 6.45) is 1.18. The van der Waals surface area contributed by atoms with Crippen molar-refractivity contribution in [2.24, 2.45) is 0 Å². The number of aromatic hydroxyl groups is 1. The molecule has 1 aliphatic heterocycles. The number of anilines is 1. The fourth-order valence-corrected chi connectivity index (χ4v) is 1.52. The predicted octanol–water partition coefficient (Wildman–Crippen LogP) is 2.34. The van der Waals surface area contributed by atoms with Gasteiger partial charge >= 0.3 is 0 Å². The molecule has 1 fully saturated rings. The van der Waals surface area contributed by atoms with E-state index in [1.54, 1.807) is 6.07 Å². The van der Waals surface area contributed by atoms with Gasteiger partial charge in [0, 0.05) is 12.2 Å². The standard InChI is InChI=1S/C6H6ClNO.C5H10FN/c7-5-3-4(8)1-2-6(5)9;6-5-2-1-3-7-4-5/h1-3,9H,8H2;5,7H,1-4H2. The Kier molecular flexibility index (Phi) is 5.35. The van der Waals surface area contributed by atoms with E-state index in [9.17, 15) is 4.39 Å². The molecule has 4 N–H and O–H groups in total. The molecule has 2 rings (SSSR count). The lowest BCUT2D eigenvalue weighted by Crippen LogP contribution is -2.30. The monoisotopic (exact) mass is 246 g/mol. The lowest BCUT2D eigenvalue weighted by atomic mass is 10.1. The molecule has 90 valence electrons. The second-order valence-electron chi connectivity index (χ2n) is 3.65. The molecule has 3 nitrogen and oxygen atoms in total. The van der Waals surface area contributed by atoms with Gasteiger partial charge in [-0.1, -0.05) is 11.6 Å². The second kappa shape index (κ2) is 6.55. The summed E-state index contributed by atoms with van der Waals surface area (Å²) in [4.78, 5) is 0. The maximum atomic E-state index is 12.1. The van der Waals surface area contributed by atoms with Crippen molar-refractivity contribution in [2.75, 3.05) is 18.8 Å². The Morgan fingerprint density at radius 2 is 2.25 bits per heavy atom. The molecule has 0 aromatic heterocycles. The number of phenols is 1. The molecule has 0 bridgehead atoms. The van der Waals surface area contributed by atoms with E-state index in [1.807, 2.05) is 0 Å². The van der Waals surface area contributed by atoms with Gasteiger partial charge in [0.05, 0.1) is 5.02 Å². The summed E-state index contributed by atoms with van der Waals surface area (Å²) >= 11 is 5.48. The first-order chi connectivity index (χ1) is 7.59. The Labute approximate surface area is 99.4 Å². The maximum absolute atomic E-state index is 12.1. The number of nitrogen functional groups attached to an aromatic ring is 1. The minimum atomic E-state index is -0.575. The lowest BCUT2D eigenvalue weighted by Gasteiger charge is -2.14. The molecule has 0 saturated carbocycles. The average Bonchev–Trinajstić information content (AvgIpc) is 2.26. The molecule has 0 aliphatic carbocycles. The van der Waals surface area contributed by atoms with Crippen LogP contribution in [0.3, 0.4) is 0 Å². The molecule has 1 aromatic carbocycles.